The molecule has 0 atom stereocenters. The number of ether oxygens (including phenoxy) is 2. The van der Waals surface area contributed by atoms with Crippen LogP contribution >= 0.6 is 0 Å². The Morgan fingerprint density at radius 1 is 0.842 bits per heavy atom. The summed E-state index contributed by atoms with van der Waals surface area (Å²) in [6.45, 7) is 2.85. The molecule has 0 saturated carbocycles. The van der Waals surface area contributed by atoms with Gasteiger partial charge in [-0.1, -0.05) is 19.1 Å². The molecule has 0 fully saturated rings. The average molecular weight is 258 g/mol. The van der Waals surface area contributed by atoms with Crippen LogP contribution in [0.15, 0.2) is 48.5 Å². The van der Waals surface area contributed by atoms with Crippen molar-refractivity contribution in [3.05, 3.63) is 54.1 Å². The fourth-order valence-corrected chi connectivity index (χ4v) is 1.62. The van der Waals surface area contributed by atoms with Crippen LogP contribution in [-0.2, 0) is 6.61 Å². The van der Waals surface area contributed by atoms with Crippen molar-refractivity contribution >= 4 is 0 Å². The van der Waals surface area contributed by atoms with Gasteiger partial charge in [0.25, 0.3) is 0 Å². The fourth-order valence-electron chi connectivity index (χ4n) is 1.62. The zero-order valence-electron chi connectivity index (χ0n) is 11.0. The first-order chi connectivity index (χ1) is 9.31. The van der Waals surface area contributed by atoms with Gasteiger partial charge in [-0.15, -0.1) is 0 Å². The van der Waals surface area contributed by atoms with E-state index in [0.717, 1.165) is 35.8 Å². The monoisotopic (exact) mass is 258 g/mol. The standard InChI is InChI=1S/C16H18O3/c1-2-11-18-14-7-9-16(10-8-14)19-15-5-3-13(12-17)4-6-15/h3-10,17H,2,11-12H2,1H3. The van der Waals surface area contributed by atoms with Crippen LogP contribution in [0.25, 0.3) is 0 Å². The highest BCUT2D eigenvalue weighted by Crippen LogP contribution is 2.24. The van der Waals surface area contributed by atoms with Crippen LogP contribution in [0.2, 0.25) is 0 Å². The lowest BCUT2D eigenvalue weighted by Crippen LogP contribution is -1.94. The van der Waals surface area contributed by atoms with Crippen LogP contribution in [0.1, 0.15) is 18.9 Å². The minimum absolute atomic E-state index is 0.0454. The average Bonchev–Trinajstić information content (AvgIpc) is 2.47. The van der Waals surface area contributed by atoms with Gasteiger partial charge in [0, 0.05) is 0 Å². The summed E-state index contributed by atoms with van der Waals surface area (Å²) in [5.74, 6) is 2.37. The zero-order chi connectivity index (χ0) is 13.5. The van der Waals surface area contributed by atoms with E-state index in [-0.39, 0.29) is 6.61 Å². The molecule has 0 aliphatic heterocycles. The van der Waals surface area contributed by atoms with Gasteiger partial charge in [-0.05, 0) is 48.4 Å². The van der Waals surface area contributed by atoms with Crippen molar-refractivity contribution in [2.24, 2.45) is 0 Å². The third-order valence-corrected chi connectivity index (χ3v) is 2.64. The van der Waals surface area contributed by atoms with Crippen molar-refractivity contribution in [1.82, 2.24) is 0 Å². The number of rotatable bonds is 6. The van der Waals surface area contributed by atoms with Crippen molar-refractivity contribution in [3.63, 3.8) is 0 Å². The van der Waals surface area contributed by atoms with Gasteiger partial charge >= 0.3 is 0 Å². The number of benzene rings is 2. The van der Waals surface area contributed by atoms with Crippen molar-refractivity contribution in [2.45, 2.75) is 20.0 Å². The van der Waals surface area contributed by atoms with E-state index in [1.54, 1.807) is 0 Å². The van der Waals surface area contributed by atoms with Crippen molar-refractivity contribution in [2.75, 3.05) is 6.61 Å². The zero-order valence-corrected chi connectivity index (χ0v) is 11.0. The maximum Gasteiger partial charge on any atom is 0.127 e. The van der Waals surface area contributed by atoms with E-state index in [1.165, 1.54) is 0 Å². The van der Waals surface area contributed by atoms with Crippen molar-refractivity contribution < 1.29 is 14.6 Å². The SMILES string of the molecule is CCCOc1ccc(Oc2ccc(CO)cc2)cc1. The largest absolute Gasteiger partial charge is 0.494 e. The molecule has 0 aliphatic rings. The third kappa shape index (κ3) is 4.00. The first-order valence-electron chi connectivity index (χ1n) is 6.42. The normalized spacial score (nSPS) is 10.2. The van der Waals surface area contributed by atoms with Crippen molar-refractivity contribution in [3.8, 4) is 17.2 Å². The Hall–Kier alpha value is -2.00. The van der Waals surface area contributed by atoms with E-state index in [4.69, 9.17) is 14.6 Å². The minimum atomic E-state index is 0.0454. The van der Waals surface area contributed by atoms with Gasteiger partial charge < -0.3 is 14.6 Å². The maximum atomic E-state index is 8.96. The van der Waals surface area contributed by atoms with Crippen LogP contribution in [-0.4, -0.2) is 11.7 Å². The van der Waals surface area contributed by atoms with E-state index < -0.39 is 0 Å². The Bertz CT molecular complexity index is 488. The molecular weight excluding hydrogens is 240 g/mol. The quantitative estimate of drug-likeness (QED) is 0.857. The molecule has 2 aromatic rings. The van der Waals surface area contributed by atoms with Crippen LogP contribution in [0.3, 0.4) is 0 Å². The summed E-state index contributed by atoms with van der Waals surface area (Å²) < 4.78 is 11.2. The number of aliphatic hydroxyl groups is 1. The van der Waals surface area contributed by atoms with Gasteiger partial charge in [0.1, 0.15) is 17.2 Å². The molecule has 0 amide bonds. The fraction of sp³-hybridized carbons (Fsp3) is 0.250. The molecule has 0 heterocycles. The highest BCUT2D eigenvalue weighted by molar-refractivity contribution is 5.36. The summed E-state index contributed by atoms with van der Waals surface area (Å²) in [5.41, 5.74) is 0.871. The van der Waals surface area contributed by atoms with Gasteiger partial charge in [-0.3, -0.25) is 0 Å². The third-order valence-electron chi connectivity index (χ3n) is 2.64. The summed E-state index contributed by atoms with van der Waals surface area (Å²) in [5, 5.41) is 8.96. The van der Waals surface area contributed by atoms with Crippen LogP contribution in [0.5, 0.6) is 17.2 Å². The summed E-state index contributed by atoms with van der Waals surface area (Å²) in [6, 6.07) is 14.9. The molecule has 0 spiro atoms. The Balaban J connectivity index is 1.98. The molecule has 0 aromatic heterocycles. The Morgan fingerprint density at radius 3 is 1.89 bits per heavy atom. The molecular formula is C16H18O3. The molecule has 3 heteroatoms. The topological polar surface area (TPSA) is 38.7 Å². The van der Waals surface area contributed by atoms with E-state index in [0.29, 0.717) is 0 Å². The lowest BCUT2D eigenvalue weighted by atomic mass is 10.2. The number of hydrogen-bond donors (Lipinski definition) is 1. The second-order valence-electron chi connectivity index (χ2n) is 4.22. The highest BCUT2D eigenvalue weighted by Gasteiger charge is 1.99. The lowest BCUT2D eigenvalue weighted by Gasteiger charge is -2.08. The van der Waals surface area contributed by atoms with Crippen LogP contribution in [0.4, 0.5) is 0 Å². The first kappa shape index (κ1) is 13.4. The Labute approximate surface area is 113 Å². The molecule has 0 unspecified atom stereocenters. The van der Waals surface area contributed by atoms with Gasteiger partial charge in [0.15, 0.2) is 0 Å². The molecule has 19 heavy (non-hydrogen) atoms. The number of hydrogen-bond acceptors (Lipinski definition) is 3. The molecule has 0 saturated heterocycles. The second-order valence-corrected chi connectivity index (χ2v) is 4.22. The van der Waals surface area contributed by atoms with Gasteiger partial charge in [0.2, 0.25) is 0 Å². The molecule has 2 aromatic carbocycles. The Kier molecular flexibility index (Phi) is 4.81. The van der Waals surface area contributed by atoms with E-state index >= 15 is 0 Å². The summed E-state index contributed by atoms with van der Waals surface area (Å²) in [4.78, 5) is 0. The highest BCUT2D eigenvalue weighted by atomic mass is 16.5. The van der Waals surface area contributed by atoms with Gasteiger partial charge in [-0.2, -0.15) is 0 Å². The molecule has 0 bridgehead atoms. The molecule has 3 nitrogen and oxygen atoms in total. The van der Waals surface area contributed by atoms with Crippen LogP contribution in [0, 0.1) is 0 Å². The summed E-state index contributed by atoms with van der Waals surface area (Å²) in [6.07, 6.45) is 0.995. The first-order valence-corrected chi connectivity index (χ1v) is 6.42. The second kappa shape index (κ2) is 6.81. The lowest BCUT2D eigenvalue weighted by molar-refractivity contribution is 0.281. The van der Waals surface area contributed by atoms with Gasteiger partial charge in [-0.25, -0.2) is 0 Å². The predicted molar refractivity (Wildman–Crippen MR) is 74.7 cm³/mol. The van der Waals surface area contributed by atoms with E-state index in [9.17, 15) is 0 Å². The predicted octanol–water partition coefficient (Wildman–Crippen LogP) is 3.76. The smallest absolute Gasteiger partial charge is 0.127 e. The van der Waals surface area contributed by atoms with E-state index in [1.807, 2.05) is 48.5 Å². The minimum Gasteiger partial charge on any atom is -0.494 e. The molecule has 0 radical (unpaired) electrons. The molecule has 100 valence electrons. The molecule has 1 N–H and O–H groups in total. The number of aliphatic hydroxyl groups excluding tert-OH is 1. The van der Waals surface area contributed by atoms with E-state index in [2.05, 4.69) is 6.92 Å². The maximum absolute atomic E-state index is 8.96. The molecule has 2 rings (SSSR count). The van der Waals surface area contributed by atoms with Gasteiger partial charge in [0.05, 0.1) is 13.2 Å². The molecule has 0 aliphatic carbocycles. The van der Waals surface area contributed by atoms with Crippen LogP contribution < -0.4 is 9.47 Å². The van der Waals surface area contributed by atoms with Crippen molar-refractivity contribution in [1.29, 1.82) is 0 Å². The summed E-state index contributed by atoms with van der Waals surface area (Å²) >= 11 is 0. The summed E-state index contributed by atoms with van der Waals surface area (Å²) in [7, 11) is 0. The Morgan fingerprint density at radius 2 is 1.37 bits per heavy atom.